The summed E-state index contributed by atoms with van der Waals surface area (Å²) >= 11 is 0. The Kier molecular flexibility index (Phi) is 4.76. The Balaban J connectivity index is 1.28. The number of hydrogen-bond donors (Lipinski definition) is 1. The molecule has 1 saturated carbocycles. The molecule has 2 fully saturated rings. The summed E-state index contributed by atoms with van der Waals surface area (Å²) in [6.07, 6.45) is 4.11. The fourth-order valence-electron chi connectivity index (χ4n) is 4.66. The summed E-state index contributed by atoms with van der Waals surface area (Å²) in [5.41, 5.74) is 2.37. The minimum absolute atomic E-state index is 0.0853. The van der Waals surface area contributed by atoms with Crippen LogP contribution in [0.5, 0.6) is 17.2 Å². The molecule has 5 rings (SSSR count). The molecule has 2 aromatic carbocycles. The van der Waals surface area contributed by atoms with Gasteiger partial charge in [-0.1, -0.05) is 6.07 Å². The fraction of sp³-hybridized carbons (Fsp3) is 0.417. The number of ether oxygens (including phenoxy) is 3. The maximum atomic E-state index is 12.9. The number of methoxy groups -OCH3 is 1. The van der Waals surface area contributed by atoms with Gasteiger partial charge in [0.25, 0.3) is 5.79 Å². The van der Waals surface area contributed by atoms with Gasteiger partial charge in [0.05, 0.1) is 18.7 Å². The summed E-state index contributed by atoms with van der Waals surface area (Å²) in [7, 11) is 1.58. The van der Waals surface area contributed by atoms with Crippen molar-refractivity contribution in [2.75, 3.05) is 23.9 Å². The maximum Gasteiger partial charge on any atom is 0.251 e. The molecule has 7 nitrogen and oxygen atoms in total. The second-order valence-corrected chi connectivity index (χ2v) is 8.55. The molecule has 1 spiro atoms. The van der Waals surface area contributed by atoms with E-state index in [9.17, 15) is 9.59 Å². The van der Waals surface area contributed by atoms with Crippen molar-refractivity contribution in [3.63, 3.8) is 0 Å². The first-order valence-corrected chi connectivity index (χ1v) is 10.7. The number of carbonyl (C=O) groups is 2. The van der Waals surface area contributed by atoms with Crippen LogP contribution in [0.4, 0.5) is 11.4 Å². The zero-order chi connectivity index (χ0) is 21.6. The largest absolute Gasteiger partial charge is 0.495 e. The molecule has 2 aliphatic heterocycles. The van der Waals surface area contributed by atoms with Crippen molar-refractivity contribution in [2.45, 2.75) is 44.8 Å². The van der Waals surface area contributed by atoms with E-state index in [0.29, 0.717) is 35.2 Å². The van der Waals surface area contributed by atoms with Crippen LogP contribution in [0.25, 0.3) is 0 Å². The number of nitrogens with one attached hydrogen (secondary N) is 1. The second kappa shape index (κ2) is 7.48. The van der Waals surface area contributed by atoms with Crippen LogP contribution >= 0.6 is 0 Å². The van der Waals surface area contributed by atoms with Crippen molar-refractivity contribution in [1.29, 1.82) is 0 Å². The summed E-state index contributed by atoms with van der Waals surface area (Å²) in [4.78, 5) is 27.2. The molecule has 2 aromatic rings. The van der Waals surface area contributed by atoms with E-state index in [-0.39, 0.29) is 18.2 Å². The molecule has 3 aliphatic rings. The molecule has 1 saturated heterocycles. The van der Waals surface area contributed by atoms with E-state index in [4.69, 9.17) is 14.2 Å². The van der Waals surface area contributed by atoms with Gasteiger partial charge in [-0.3, -0.25) is 9.59 Å². The summed E-state index contributed by atoms with van der Waals surface area (Å²) in [5, 5.41) is 2.94. The van der Waals surface area contributed by atoms with Crippen LogP contribution in [-0.2, 0) is 9.59 Å². The number of hydrogen-bond acceptors (Lipinski definition) is 5. The van der Waals surface area contributed by atoms with Gasteiger partial charge < -0.3 is 24.4 Å². The number of carbonyl (C=O) groups excluding carboxylic acids is 2. The first-order valence-electron chi connectivity index (χ1n) is 10.7. The normalized spacial score (nSPS) is 21.0. The van der Waals surface area contributed by atoms with Gasteiger partial charge in [0.2, 0.25) is 11.8 Å². The molecule has 0 aromatic heterocycles. The molecular formula is C24H26N2O5. The zero-order valence-corrected chi connectivity index (χ0v) is 17.8. The third kappa shape index (κ3) is 3.58. The van der Waals surface area contributed by atoms with Crippen molar-refractivity contribution in [3.05, 3.63) is 42.0 Å². The predicted molar refractivity (Wildman–Crippen MR) is 116 cm³/mol. The Bertz CT molecular complexity index is 1040. The van der Waals surface area contributed by atoms with Crippen LogP contribution < -0.4 is 24.4 Å². The number of amides is 2. The first kappa shape index (κ1) is 19.7. The highest BCUT2D eigenvalue weighted by molar-refractivity contribution is 6.04. The van der Waals surface area contributed by atoms with E-state index in [1.54, 1.807) is 18.1 Å². The lowest BCUT2D eigenvalue weighted by Crippen LogP contribution is -2.34. The Hall–Kier alpha value is -3.22. The van der Waals surface area contributed by atoms with Crippen LogP contribution in [0.2, 0.25) is 0 Å². The zero-order valence-electron chi connectivity index (χ0n) is 17.8. The van der Waals surface area contributed by atoms with Crippen molar-refractivity contribution in [1.82, 2.24) is 0 Å². The van der Waals surface area contributed by atoms with Gasteiger partial charge in [0, 0.05) is 37.6 Å². The summed E-state index contributed by atoms with van der Waals surface area (Å²) in [6.45, 7) is 2.28. The standard InChI is InChI=1S/C24H26N2O5/c1-15-5-7-19(29-2)18(11-15)26-14-16(12-22(26)27)23(28)25-17-6-8-20-21(13-17)31-24(30-20)9-3-4-10-24/h5-8,11,13,16H,3-4,9-10,12,14H2,1-2H3,(H,25,28). The summed E-state index contributed by atoms with van der Waals surface area (Å²) in [6, 6.07) is 11.1. The van der Waals surface area contributed by atoms with Crippen LogP contribution in [0.15, 0.2) is 36.4 Å². The van der Waals surface area contributed by atoms with Gasteiger partial charge in [-0.15, -0.1) is 0 Å². The van der Waals surface area contributed by atoms with Crippen molar-refractivity contribution < 1.29 is 23.8 Å². The molecule has 1 atom stereocenters. The van der Waals surface area contributed by atoms with E-state index in [0.717, 1.165) is 31.2 Å². The number of benzene rings is 2. The quantitative estimate of drug-likeness (QED) is 0.805. The lowest BCUT2D eigenvalue weighted by atomic mass is 10.1. The van der Waals surface area contributed by atoms with Gasteiger partial charge in [-0.05, 0) is 49.6 Å². The van der Waals surface area contributed by atoms with Crippen LogP contribution in [-0.4, -0.2) is 31.3 Å². The second-order valence-electron chi connectivity index (χ2n) is 8.55. The van der Waals surface area contributed by atoms with Gasteiger partial charge in [-0.25, -0.2) is 0 Å². The highest BCUT2D eigenvalue weighted by Gasteiger charge is 2.44. The molecule has 2 heterocycles. The summed E-state index contributed by atoms with van der Waals surface area (Å²) in [5.74, 6) is 0.758. The predicted octanol–water partition coefficient (Wildman–Crippen LogP) is 4.04. The first-order chi connectivity index (χ1) is 15.0. The smallest absolute Gasteiger partial charge is 0.251 e. The number of anilines is 2. The SMILES string of the molecule is COc1ccc(C)cc1N1CC(C(=O)Nc2ccc3c(c2)OC2(CCCC2)O3)CC1=O. The van der Waals surface area contributed by atoms with Crippen LogP contribution in [0, 0.1) is 12.8 Å². The maximum absolute atomic E-state index is 12.9. The number of rotatable bonds is 4. The highest BCUT2D eigenvalue weighted by Crippen LogP contribution is 2.47. The van der Waals surface area contributed by atoms with Crippen molar-refractivity contribution in [2.24, 2.45) is 5.92 Å². The molecule has 1 unspecified atom stereocenters. The highest BCUT2D eigenvalue weighted by atomic mass is 16.7. The van der Waals surface area contributed by atoms with Gasteiger partial charge in [0.15, 0.2) is 11.5 Å². The topological polar surface area (TPSA) is 77.1 Å². The Morgan fingerprint density at radius 2 is 1.90 bits per heavy atom. The third-order valence-electron chi connectivity index (χ3n) is 6.29. The average molecular weight is 422 g/mol. The number of aryl methyl sites for hydroxylation is 1. The Labute approximate surface area is 181 Å². The summed E-state index contributed by atoms with van der Waals surface area (Å²) < 4.78 is 17.5. The van der Waals surface area contributed by atoms with E-state index >= 15 is 0 Å². The van der Waals surface area contributed by atoms with Crippen molar-refractivity contribution in [3.8, 4) is 17.2 Å². The molecule has 1 N–H and O–H groups in total. The molecule has 162 valence electrons. The molecule has 0 bridgehead atoms. The number of fused-ring (bicyclic) bond motifs is 1. The lowest BCUT2D eigenvalue weighted by molar-refractivity contribution is -0.122. The monoisotopic (exact) mass is 422 g/mol. The molecule has 0 radical (unpaired) electrons. The Morgan fingerprint density at radius 1 is 1.13 bits per heavy atom. The minimum atomic E-state index is -0.532. The van der Waals surface area contributed by atoms with Gasteiger partial charge >= 0.3 is 0 Å². The number of nitrogens with zero attached hydrogens (tertiary/aromatic N) is 1. The van der Waals surface area contributed by atoms with E-state index in [2.05, 4.69) is 5.32 Å². The fourth-order valence-corrected chi connectivity index (χ4v) is 4.66. The van der Waals surface area contributed by atoms with Crippen molar-refractivity contribution >= 4 is 23.2 Å². The molecule has 2 amide bonds. The third-order valence-corrected chi connectivity index (χ3v) is 6.29. The van der Waals surface area contributed by atoms with E-state index < -0.39 is 11.7 Å². The van der Waals surface area contributed by atoms with Gasteiger partial charge in [0.1, 0.15) is 5.75 Å². The lowest BCUT2D eigenvalue weighted by Gasteiger charge is -2.21. The van der Waals surface area contributed by atoms with E-state index in [1.165, 1.54) is 0 Å². The molecular weight excluding hydrogens is 396 g/mol. The molecule has 7 heteroatoms. The van der Waals surface area contributed by atoms with E-state index in [1.807, 2.05) is 37.3 Å². The van der Waals surface area contributed by atoms with Crippen LogP contribution in [0.1, 0.15) is 37.7 Å². The minimum Gasteiger partial charge on any atom is -0.495 e. The average Bonchev–Trinajstić information content (AvgIpc) is 3.46. The molecule has 1 aliphatic carbocycles. The molecule has 31 heavy (non-hydrogen) atoms. The Morgan fingerprint density at radius 3 is 2.68 bits per heavy atom. The van der Waals surface area contributed by atoms with Crippen LogP contribution in [0.3, 0.4) is 0 Å². The van der Waals surface area contributed by atoms with Gasteiger partial charge in [-0.2, -0.15) is 0 Å².